The van der Waals surface area contributed by atoms with Crippen LogP contribution in [0.2, 0.25) is 0 Å². The molecule has 1 saturated carbocycles. The van der Waals surface area contributed by atoms with Crippen molar-refractivity contribution in [1.29, 1.82) is 0 Å². The molecule has 1 fully saturated rings. The number of nitrogens with one attached hydrogen (secondary N) is 1. The van der Waals surface area contributed by atoms with Crippen molar-refractivity contribution in [2.24, 2.45) is 0 Å². The number of ketones is 1. The second-order valence-corrected chi connectivity index (χ2v) is 9.29. The zero-order valence-electron chi connectivity index (χ0n) is 18.8. The summed E-state index contributed by atoms with van der Waals surface area (Å²) in [5.74, 6) is -1.19. The standard InChI is InChI=1S/C28H28FNO3/c1-17-25(28(32)33-22-9-5-6-10-22)26(19-11-13-21(29)14-12-19)27-23(30-17)15-20(16-24(27)31)18-7-3-2-4-8-18/h2-4,7-8,11-14,20,22,26,30H,5-6,9-10,15-16H2,1H3/t20-,26-/m0/s1. The first-order chi connectivity index (χ1) is 16.0. The summed E-state index contributed by atoms with van der Waals surface area (Å²) in [5, 5.41) is 3.38. The Morgan fingerprint density at radius 1 is 0.970 bits per heavy atom. The first-order valence-corrected chi connectivity index (χ1v) is 11.8. The number of carbonyl (C=O) groups excluding carboxylic acids is 2. The second-order valence-electron chi connectivity index (χ2n) is 9.29. The Labute approximate surface area is 193 Å². The van der Waals surface area contributed by atoms with Gasteiger partial charge < -0.3 is 10.1 Å². The molecule has 0 bridgehead atoms. The molecule has 0 unspecified atom stereocenters. The minimum atomic E-state index is -0.556. The largest absolute Gasteiger partial charge is 0.459 e. The van der Waals surface area contributed by atoms with Gasteiger partial charge in [-0.25, -0.2) is 9.18 Å². The van der Waals surface area contributed by atoms with Crippen LogP contribution in [0.3, 0.4) is 0 Å². The van der Waals surface area contributed by atoms with Gasteiger partial charge in [0.15, 0.2) is 5.78 Å². The normalized spacial score (nSPS) is 23.4. The van der Waals surface area contributed by atoms with E-state index in [0.717, 1.165) is 42.5 Å². The Bertz CT molecular complexity index is 1130. The van der Waals surface area contributed by atoms with Crippen molar-refractivity contribution in [2.75, 3.05) is 0 Å². The third-order valence-corrected chi connectivity index (χ3v) is 7.10. The van der Waals surface area contributed by atoms with Crippen LogP contribution in [-0.2, 0) is 14.3 Å². The van der Waals surface area contributed by atoms with Crippen LogP contribution in [0.25, 0.3) is 0 Å². The van der Waals surface area contributed by atoms with Gasteiger partial charge in [-0.05, 0) is 68.2 Å². The molecule has 170 valence electrons. The van der Waals surface area contributed by atoms with Gasteiger partial charge in [-0.2, -0.15) is 0 Å². The second kappa shape index (κ2) is 8.97. The molecule has 2 aliphatic carbocycles. The molecule has 0 aromatic heterocycles. The molecule has 0 radical (unpaired) electrons. The molecule has 1 aliphatic heterocycles. The number of dihydropyridines is 1. The number of ether oxygens (including phenoxy) is 1. The van der Waals surface area contributed by atoms with E-state index in [2.05, 4.69) is 17.4 Å². The van der Waals surface area contributed by atoms with E-state index in [-0.39, 0.29) is 29.6 Å². The lowest BCUT2D eigenvalue weighted by molar-refractivity contribution is -0.144. The summed E-state index contributed by atoms with van der Waals surface area (Å²) >= 11 is 0. The van der Waals surface area contributed by atoms with Gasteiger partial charge in [0.25, 0.3) is 0 Å². The van der Waals surface area contributed by atoms with E-state index in [4.69, 9.17) is 4.74 Å². The molecule has 0 amide bonds. The highest BCUT2D eigenvalue weighted by Gasteiger charge is 2.42. The first-order valence-electron chi connectivity index (χ1n) is 11.8. The van der Waals surface area contributed by atoms with Crippen LogP contribution >= 0.6 is 0 Å². The lowest BCUT2D eigenvalue weighted by atomic mass is 9.72. The zero-order valence-corrected chi connectivity index (χ0v) is 18.8. The molecule has 4 nitrogen and oxygen atoms in total. The van der Waals surface area contributed by atoms with E-state index >= 15 is 0 Å². The maximum absolute atomic E-state index is 13.7. The summed E-state index contributed by atoms with van der Waals surface area (Å²) in [7, 11) is 0. The number of allylic oxidation sites excluding steroid dienone is 3. The molecule has 0 saturated heterocycles. The molecular weight excluding hydrogens is 417 g/mol. The van der Waals surface area contributed by atoms with E-state index in [9.17, 15) is 14.0 Å². The predicted octanol–water partition coefficient (Wildman–Crippen LogP) is 5.67. The number of esters is 1. The quantitative estimate of drug-likeness (QED) is 0.616. The molecule has 2 aromatic carbocycles. The van der Waals surface area contributed by atoms with Crippen molar-refractivity contribution in [3.8, 4) is 0 Å². The summed E-state index contributed by atoms with van der Waals surface area (Å²) < 4.78 is 19.6. The minimum absolute atomic E-state index is 0.0191. The van der Waals surface area contributed by atoms with Crippen LogP contribution in [0.5, 0.6) is 0 Å². The monoisotopic (exact) mass is 445 g/mol. The Morgan fingerprint density at radius 2 is 1.67 bits per heavy atom. The smallest absolute Gasteiger partial charge is 0.337 e. The van der Waals surface area contributed by atoms with Crippen LogP contribution < -0.4 is 5.32 Å². The fourth-order valence-electron chi connectivity index (χ4n) is 5.48. The van der Waals surface area contributed by atoms with E-state index in [1.165, 1.54) is 12.1 Å². The Kier molecular flexibility index (Phi) is 5.88. The van der Waals surface area contributed by atoms with Crippen molar-refractivity contribution in [3.05, 3.63) is 94.1 Å². The molecule has 33 heavy (non-hydrogen) atoms. The van der Waals surface area contributed by atoms with Gasteiger partial charge >= 0.3 is 5.97 Å². The number of halogens is 1. The molecule has 2 atom stereocenters. The summed E-state index contributed by atoms with van der Waals surface area (Å²) in [6.45, 7) is 1.86. The summed E-state index contributed by atoms with van der Waals surface area (Å²) in [4.78, 5) is 26.9. The molecule has 5 rings (SSSR count). The number of carbonyl (C=O) groups is 2. The highest BCUT2D eigenvalue weighted by Crippen LogP contribution is 2.46. The molecule has 1 heterocycles. The molecular formula is C28H28FNO3. The summed E-state index contributed by atoms with van der Waals surface area (Å²) in [5.41, 5.74) is 4.48. The topological polar surface area (TPSA) is 55.4 Å². The first kappa shape index (κ1) is 21.6. The van der Waals surface area contributed by atoms with Crippen molar-refractivity contribution < 1.29 is 18.7 Å². The van der Waals surface area contributed by atoms with E-state index in [1.807, 2.05) is 25.1 Å². The third-order valence-electron chi connectivity index (χ3n) is 7.10. The Hall–Kier alpha value is -3.21. The van der Waals surface area contributed by atoms with Crippen LogP contribution in [0.15, 0.2) is 77.1 Å². The highest BCUT2D eigenvalue weighted by molar-refractivity contribution is 6.04. The van der Waals surface area contributed by atoms with Crippen LogP contribution in [0, 0.1) is 5.82 Å². The maximum Gasteiger partial charge on any atom is 0.337 e. The lowest BCUT2D eigenvalue weighted by Gasteiger charge is -2.37. The zero-order chi connectivity index (χ0) is 22.9. The lowest BCUT2D eigenvalue weighted by Crippen LogP contribution is -2.36. The Morgan fingerprint density at radius 3 is 2.36 bits per heavy atom. The van der Waals surface area contributed by atoms with Gasteiger partial charge in [0.05, 0.1) is 5.57 Å². The summed E-state index contributed by atoms with van der Waals surface area (Å²) in [6, 6.07) is 16.2. The molecule has 2 aromatic rings. The van der Waals surface area contributed by atoms with E-state index < -0.39 is 5.92 Å². The van der Waals surface area contributed by atoms with Crippen molar-refractivity contribution in [1.82, 2.24) is 5.32 Å². The van der Waals surface area contributed by atoms with E-state index in [0.29, 0.717) is 29.7 Å². The van der Waals surface area contributed by atoms with Gasteiger partial charge in [0, 0.05) is 29.3 Å². The van der Waals surface area contributed by atoms with Crippen LogP contribution in [0.4, 0.5) is 4.39 Å². The average molecular weight is 446 g/mol. The number of rotatable bonds is 4. The SMILES string of the molecule is CC1=C(C(=O)OC2CCCC2)[C@H](c2ccc(F)cc2)C2=C(C[C@H](c3ccccc3)CC2=O)N1. The highest BCUT2D eigenvalue weighted by atomic mass is 19.1. The molecule has 1 N–H and O–H groups in total. The Balaban J connectivity index is 1.54. The van der Waals surface area contributed by atoms with E-state index in [1.54, 1.807) is 12.1 Å². The molecule has 5 heteroatoms. The predicted molar refractivity (Wildman–Crippen MR) is 124 cm³/mol. The minimum Gasteiger partial charge on any atom is -0.459 e. The number of benzene rings is 2. The number of Topliss-reactive ketones (excluding diaryl/α,β-unsaturated/α-hetero) is 1. The fourth-order valence-corrected chi connectivity index (χ4v) is 5.48. The molecule has 0 spiro atoms. The van der Waals surface area contributed by atoms with Gasteiger partial charge in [0.2, 0.25) is 0 Å². The molecule has 3 aliphatic rings. The third kappa shape index (κ3) is 4.24. The number of hydrogen-bond acceptors (Lipinski definition) is 4. The average Bonchev–Trinajstić information content (AvgIpc) is 3.32. The van der Waals surface area contributed by atoms with Gasteiger partial charge in [0.1, 0.15) is 11.9 Å². The number of hydrogen-bond donors (Lipinski definition) is 1. The van der Waals surface area contributed by atoms with Gasteiger partial charge in [-0.1, -0.05) is 42.5 Å². The summed E-state index contributed by atoms with van der Waals surface area (Å²) in [6.07, 6.45) is 4.86. The van der Waals surface area contributed by atoms with Gasteiger partial charge in [-0.3, -0.25) is 4.79 Å². The maximum atomic E-state index is 13.7. The van der Waals surface area contributed by atoms with Crippen molar-refractivity contribution >= 4 is 11.8 Å². The van der Waals surface area contributed by atoms with Crippen molar-refractivity contribution in [3.63, 3.8) is 0 Å². The van der Waals surface area contributed by atoms with Gasteiger partial charge in [-0.15, -0.1) is 0 Å². The van der Waals surface area contributed by atoms with Crippen LogP contribution in [0.1, 0.15) is 68.4 Å². The van der Waals surface area contributed by atoms with Crippen LogP contribution in [-0.4, -0.2) is 17.9 Å². The fraction of sp³-hybridized carbons (Fsp3) is 0.357. The van der Waals surface area contributed by atoms with Crippen molar-refractivity contribution in [2.45, 2.75) is 63.4 Å².